The number of hydrogen-bond acceptors (Lipinski definition) is 3. The number of halogens is 1. The van der Waals surface area contributed by atoms with Gasteiger partial charge in [-0.25, -0.2) is 0 Å². The number of hydrogen-bond donors (Lipinski definition) is 1. The lowest BCUT2D eigenvalue weighted by atomic mass is 10.1. The molecule has 4 nitrogen and oxygen atoms in total. The molecule has 2 rings (SSSR count). The van der Waals surface area contributed by atoms with Gasteiger partial charge in [0.15, 0.2) is 5.96 Å². The van der Waals surface area contributed by atoms with Gasteiger partial charge in [-0.05, 0) is 31.9 Å². The van der Waals surface area contributed by atoms with Crippen molar-refractivity contribution in [2.24, 2.45) is 4.99 Å². The van der Waals surface area contributed by atoms with Gasteiger partial charge >= 0.3 is 0 Å². The fourth-order valence-electron chi connectivity index (χ4n) is 2.81. The Morgan fingerprint density at radius 1 is 1.33 bits per heavy atom. The first-order chi connectivity index (χ1) is 11.2. The molecule has 24 heavy (non-hydrogen) atoms. The van der Waals surface area contributed by atoms with E-state index in [1.54, 1.807) is 0 Å². The minimum atomic E-state index is 0. The zero-order chi connectivity index (χ0) is 16.5. The zero-order valence-electron chi connectivity index (χ0n) is 14.9. The van der Waals surface area contributed by atoms with Crippen LogP contribution in [0.15, 0.2) is 40.2 Å². The van der Waals surface area contributed by atoms with Gasteiger partial charge in [0.05, 0.1) is 6.10 Å². The van der Waals surface area contributed by atoms with Crippen LogP contribution in [0, 0.1) is 0 Å². The first-order valence-corrected chi connectivity index (χ1v) is 9.39. The second kappa shape index (κ2) is 12.0. The summed E-state index contributed by atoms with van der Waals surface area (Å²) in [6, 6.07) is 10.6. The second-order valence-electron chi connectivity index (χ2n) is 5.81. The number of rotatable bonds is 6. The maximum absolute atomic E-state index is 5.72. The Bertz CT molecular complexity index is 478. The topological polar surface area (TPSA) is 36.9 Å². The summed E-state index contributed by atoms with van der Waals surface area (Å²) in [5.74, 6) is 1.01. The number of benzene rings is 1. The number of piperidine rings is 1. The van der Waals surface area contributed by atoms with E-state index < -0.39 is 0 Å². The third-order valence-corrected chi connectivity index (χ3v) is 5.10. The molecule has 0 bridgehead atoms. The molecular weight excluding hydrogens is 433 g/mol. The van der Waals surface area contributed by atoms with E-state index in [0.717, 1.165) is 45.0 Å². The standard InChI is InChI=1S/C18H29N3OS.HI/c1-4-22-16-10-12-21(13-11-16)18(19-3)20-14-15(2)23-17-8-6-5-7-9-17;/h5-9,15-16H,4,10-14H2,1-3H3,(H,19,20);1H. The van der Waals surface area contributed by atoms with Crippen LogP contribution >= 0.6 is 35.7 Å². The lowest BCUT2D eigenvalue weighted by Gasteiger charge is -2.34. The van der Waals surface area contributed by atoms with E-state index in [4.69, 9.17) is 4.74 Å². The van der Waals surface area contributed by atoms with E-state index in [0.29, 0.717) is 11.4 Å². The first-order valence-electron chi connectivity index (χ1n) is 8.51. The summed E-state index contributed by atoms with van der Waals surface area (Å²) < 4.78 is 5.72. The molecule has 1 aromatic carbocycles. The van der Waals surface area contributed by atoms with Crippen LogP contribution in [0.3, 0.4) is 0 Å². The molecule has 1 heterocycles. The van der Waals surface area contributed by atoms with Crippen molar-refractivity contribution < 1.29 is 4.74 Å². The first kappa shape index (κ1) is 21.6. The molecule has 0 radical (unpaired) electrons. The van der Waals surface area contributed by atoms with E-state index in [2.05, 4.69) is 59.4 Å². The molecule has 1 unspecified atom stereocenters. The van der Waals surface area contributed by atoms with Gasteiger partial charge < -0.3 is 15.0 Å². The Kier molecular flexibility index (Phi) is 10.8. The molecule has 1 saturated heterocycles. The van der Waals surface area contributed by atoms with Crippen LogP contribution in [0.1, 0.15) is 26.7 Å². The third kappa shape index (κ3) is 7.19. The van der Waals surface area contributed by atoms with Gasteiger partial charge in [-0.1, -0.05) is 25.1 Å². The predicted octanol–water partition coefficient (Wildman–Crippen LogP) is 3.86. The summed E-state index contributed by atoms with van der Waals surface area (Å²) in [5.41, 5.74) is 0. The van der Waals surface area contributed by atoms with Gasteiger partial charge in [0.25, 0.3) is 0 Å². The number of likely N-dealkylation sites (tertiary alicyclic amines) is 1. The van der Waals surface area contributed by atoms with Crippen molar-refractivity contribution in [3.63, 3.8) is 0 Å². The van der Waals surface area contributed by atoms with Crippen LogP contribution in [-0.2, 0) is 4.74 Å². The average Bonchev–Trinajstić information content (AvgIpc) is 2.58. The van der Waals surface area contributed by atoms with Gasteiger partial charge in [0.2, 0.25) is 0 Å². The maximum Gasteiger partial charge on any atom is 0.193 e. The van der Waals surface area contributed by atoms with E-state index >= 15 is 0 Å². The van der Waals surface area contributed by atoms with Crippen LogP contribution in [0.25, 0.3) is 0 Å². The second-order valence-corrected chi connectivity index (χ2v) is 7.32. The Morgan fingerprint density at radius 2 is 2.00 bits per heavy atom. The van der Waals surface area contributed by atoms with Crippen molar-refractivity contribution in [3.8, 4) is 0 Å². The highest BCUT2D eigenvalue weighted by molar-refractivity contribution is 14.0. The molecule has 1 aromatic rings. The molecule has 0 aliphatic carbocycles. The van der Waals surface area contributed by atoms with Crippen molar-refractivity contribution in [2.45, 2.75) is 42.9 Å². The van der Waals surface area contributed by atoms with Crippen molar-refractivity contribution >= 4 is 41.7 Å². The van der Waals surface area contributed by atoms with E-state index in [-0.39, 0.29) is 24.0 Å². The minimum Gasteiger partial charge on any atom is -0.378 e. The van der Waals surface area contributed by atoms with E-state index in [9.17, 15) is 0 Å². The van der Waals surface area contributed by atoms with Crippen LogP contribution in [0.5, 0.6) is 0 Å². The van der Waals surface area contributed by atoms with Crippen LogP contribution in [0.4, 0.5) is 0 Å². The van der Waals surface area contributed by atoms with Gasteiger partial charge in [0, 0.05) is 43.4 Å². The fraction of sp³-hybridized carbons (Fsp3) is 0.611. The van der Waals surface area contributed by atoms with Crippen molar-refractivity contribution in [1.29, 1.82) is 0 Å². The quantitative estimate of drug-likeness (QED) is 0.301. The van der Waals surface area contributed by atoms with Crippen molar-refractivity contribution in [1.82, 2.24) is 10.2 Å². The zero-order valence-corrected chi connectivity index (χ0v) is 18.1. The maximum atomic E-state index is 5.72. The Labute approximate surface area is 167 Å². The van der Waals surface area contributed by atoms with Gasteiger partial charge in [-0.2, -0.15) is 0 Å². The highest BCUT2D eigenvalue weighted by Gasteiger charge is 2.21. The Morgan fingerprint density at radius 3 is 2.58 bits per heavy atom. The van der Waals surface area contributed by atoms with Gasteiger partial charge in [-0.3, -0.25) is 4.99 Å². The van der Waals surface area contributed by atoms with Crippen LogP contribution in [0.2, 0.25) is 0 Å². The number of ether oxygens (including phenoxy) is 1. The number of nitrogens with zero attached hydrogens (tertiary/aromatic N) is 2. The molecule has 0 spiro atoms. The summed E-state index contributed by atoms with van der Waals surface area (Å²) in [4.78, 5) is 8.10. The predicted molar refractivity (Wildman–Crippen MR) is 115 cm³/mol. The summed E-state index contributed by atoms with van der Waals surface area (Å²) in [6.45, 7) is 8.08. The number of aliphatic imine (C=N–C) groups is 1. The summed E-state index contributed by atoms with van der Waals surface area (Å²) in [7, 11) is 1.87. The van der Waals surface area contributed by atoms with Crippen molar-refractivity contribution in [3.05, 3.63) is 30.3 Å². The highest BCUT2D eigenvalue weighted by Crippen LogP contribution is 2.22. The molecule has 1 atom stereocenters. The number of guanidine groups is 1. The normalized spacial score (nSPS) is 17.3. The number of thioether (sulfide) groups is 1. The molecule has 1 fully saturated rings. The fourth-order valence-corrected chi connectivity index (χ4v) is 3.76. The molecule has 0 aromatic heterocycles. The average molecular weight is 463 g/mol. The summed E-state index contributed by atoms with van der Waals surface area (Å²) >= 11 is 1.89. The molecule has 1 N–H and O–H groups in total. The molecule has 136 valence electrons. The molecule has 1 aliphatic heterocycles. The third-order valence-electron chi connectivity index (χ3n) is 3.98. The highest BCUT2D eigenvalue weighted by atomic mass is 127. The molecule has 6 heteroatoms. The molecule has 0 saturated carbocycles. The Hall–Kier alpha value is -0.470. The summed E-state index contributed by atoms with van der Waals surface area (Å²) in [5, 5.41) is 4.02. The van der Waals surface area contributed by atoms with Gasteiger partial charge in [0.1, 0.15) is 0 Å². The largest absolute Gasteiger partial charge is 0.378 e. The molecule has 1 aliphatic rings. The van der Waals surface area contributed by atoms with Crippen LogP contribution in [-0.4, -0.2) is 55.5 Å². The lowest BCUT2D eigenvalue weighted by Crippen LogP contribution is -2.48. The smallest absolute Gasteiger partial charge is 0.193 e. The Balaban J connectivity index is 0.00000288. The van der Waals surface area contributed by atoms with Gasteiger partial charge in [-0.15, -0.1) is 35.7 Å². The molecular formula is C18H30IN3OS. The summed E-state index contributed by atoms with van der Waals surface area (Å²) in [6.07, 6.45) is 2.59. The molecule has 0 amide bonds. The van der Waals surface area contributed by atoms with Crippen LogP contribution < -0.4 is 5.32 Å². The van der Waals surface area contributed by atoms with E-state index in [1.807, 2.05) is 18.8 Å². The lowest BCUT2D eigenvalue weighted by molar-refractivity contribution is 0.0264. The monoisotopic (exact) mass is 463 g/mol. The number of nitrogens with one attached hydrogen (secondary N) is 1. The van der Waals surface area contributed by atoms with Crippen molar-refractivity contribution in [2.75, 3.05) is 33.3 Å². The van der Waals surface area contributed by atoms with E-state index in [1.165, 1.54) is 4.90 Å². The minimum absolute atomic E-state index is 0. The SMILES string of the molecule is CCOC1CCN(C(=NC)NCC(C)Sc2ccccc2)CC1.I.